The van der Waals surface area contributed by atoms with E-state index in [1.807, 2.05) is 42.6 Å². The van der Waals surface area contributed by atoms with Crippen molar-refractivity contribution in [3.05, 3.63) is 83.8 Å². The lowest BCUT2D eigenvalue weighted by atomic mass is 10.0. The van der Waals surface area contributed by atoms with Crippen molar-refractivity contribution in [1.29, 1.82) is 0 Å². The molecule has 0 unspecified atom stereocenters. The van der Waals surface area contributed by atoms with Crippen molar-refractivity contribution in [2.75, 3.05) is 0 Å². The van der Waals surface area contributed by atoms with E-state index in [0.29, 0.717) is 28.2 Å². The van der Waals surface area contributed by atoms with Gasteiger partial charge in [-0.25, -0.2) is 9.37 Å². The maximum Gasteiger partial charge on any atom is 0.157 e. The van der Waals surface area contributed by atoms with Gasteiger partial charge in [0.25, 0.3) is 0 Å². The molecule has 0 aliphatic carbocycles. The molecule has 158 valence electrons. The normalized spacial score (nSPS) is 12.7. The summed E-state index contributed by atoms with van der Waals surface area (Å²) < 4.78 is 14.9. The Morgan fingerprint density at radius 3 is 2.88 bits per heavy atom. The van der Waals surface area contributed by atoms with E-state index in [9.17, 15) is 4.39 Å². The van der Waals surface area contributed by atoms with Crippen LogP contribution in [0.15, 0.2) is 72.4 Å². The van der Waals surface area contributed by atoms with Gasteiger partial charge in [0.15, 0.2) is 11.6 Å². The van der Waals surface area contributed by atoms with E-state index in [2.05, 4.69) is 26.7 Å². The van der Waals surface area contributed by atoms with Crippen LogP contribution in [0.2, 0.25) is 0 Å². The van der Waals surface area contributed by atoms with E-state index >= 15 is 0 Å². The SMILES string of the molecule is C=C/C(N)=C\C(=C/C)c1cc(F)c2n[nH]c(-c3nc4c(-c5cccs5)nccc4[nH]3)c2c1. The first-order valence-corrected chi connectivity index (χ1v) is 10.8. The Labute approximate surface area is 187 Å². The van der Waals surface area contributed by atoms with Gasteiger partial charge < -0.3 is 10.7 Å². The van der Waals surface area contributed by atoms with Crippen LogP contribution in [0.4, 0.5) is 4.39 Å². The maximum absolute atomic E-state index is 14.9. The molecule has 4 N–H and O–H groups in total. The lowest BCUT2D eigenvalue weighted by Crippen LogP contribution is -1.94. The van der Waals surface area contributed by atoms with Crippen molar-refractivity contribution < 1.29 is 4.39 Å². The fraction of sp³-hybridized carbons (Fsp3) is 0.0417. The highest BCUT2D eigenvalue weighted by atomic mass is 32.1. The van der Waals surface area contributed by atoms with Crippen molar-refractivity contribution in [1.82, 2.24) is 25.1 Å². The van der Waals surface area contributed by atoms with Crippen molar-refractivity contribution >= 4 is 38.8 Å². The van der Waals surface area contributed by atoms with Gasteiger partial charge in [-0.15, -0.1) is 11.3 Å². The Morgan fingerprint density at radius 2 is 2.12 bits per heavy atom. The van der Waals surface area contributed by atoms with Crippen LogP contribution in [0.3, 0.4) is 0 Å². The third kappa shape index (κ3) is 3.30. The average Bonchev–Trinajstić information content (AvgIpc) is 3.55. The average molecular weight is 443 g/mol. The van der Waals surface area contributed by atoms with Crippen LogP contribution in [0.5, 0.6) is 0 Å². The Balaban J connectivity index is 1.68. The first-order chi connectivity index (χ1) is 15.6. The molecule has 32 heavy (non-hydrogen) atoms. The number of hydrogen-bond acceptors (Lipinski definition) is 5. The lowest BCUT2D eigenvalue weighted by Gasteiger charge is -2.05. The smallest absolute Gasteiger partial charge is 0.157 e. The van der Waals surface area contributed by atoms with Crippen LogP contribution >= 0.6 is 11.3 Å². The number of thiophene rings is 1. The zero-order valence-electron chi connectivity index (χ0n) is 17.2. The minimum atomic E-state index is -0.429. The molecule has 0 fully saturated rings. The van der Waals surface area contributed by atoms with E-state index in [1.54, 1.807) is 29.7 Å². The summed E-state index contributed by atoms with van der Waals surface area (Å²) in [5.74, 6) is 0.134. The summed E-state index contributed by atoms with van der Waals surface area (Å²) in [6.45, 7) is 5.55. The summed E-state index contributed by atoms with van der Waals surface area (Å²) >= 11 is 1.60. The monoisotopic (exact) mass is 442 g/mol. The number of benzene rings is 1. The van der Waals surface area contributed by atoms with Crippen molar-refractivity contribution in [3.8, 4) is 22.1 Å². The number of nitrogens with zero attached hydrogens (tertiary/aromatic N) is 3. The standard InChI is InChI=1S/C24H19FN6S/c1-3-13(10-15(26)4-2)14-11-16-20(17(25)12-14)30-31-21(16)24-28-18-7-8-27-23(22(18)29-24)19-6-5-9-32-19/h3-12H,2,26H2,1H3,(H,28,29)(H,30,31)/b13-3+,15-10+. The Bertz CT molecular complexity index is 1520. The number of aromatic amines is 2. The number of hydrogen-bond donors (Lipinski definition) is 3. The summed E-state index contributed by atoms with van der Waals surface area (Å²) in [5, 5.41) is 9.76. The van der Waals surface area contributed by atoms with Crippen molar-refractivity contribution in [2.24, 2.45) is 5.73 Å². The molecule has 0 saturated carbocycles. The molecule has 4 aromatic heterocycles. The fourth-order valence-electron chi connectivity index (χ4n) is 3.64. The molecule has 0 amide bonds. The lowest BCUT2D eigenvalue weighted by molar-refractivity contribution is 0.636. The van der Waals surface area contributed by atoms with Gasteiger partial charge in [-0.05, 0) is 59.9 Å². The van der Waals surface area contributed by atoms with Crippen LogP contribution in [-0.4, -0.2) is 25.1 Å². The van der Waals surface area contributed by atoms with Gasteiger partial charge in [-0.1, -0.05) is 18.7 Å². The number of nitrogens with one attached hydrogen (secondary N) is 2. The van der Waals surface area contributed by atoms with Crippen LogP contribution in [0, 0.1) is 5.82 Å². The zero-order chi connectivity index (χ0) is 22.2. The summed E-state index contributed by atoms with van der Waals surface area (Å²) in [7, 11) is 0. The largest absolute Gasteiger partial charge is 0.399 e. The van der Waals surface area contributed by atoms with Gasteiger partial charge in [0.05, 0.1) is 10.4 Å². The highest BCUT2D eigenvalue weighted by Crippen LogP contribution is 2.33. The summed E-state index contributed by atoms with van der Waals surface area (Å²) in [6, 6.07) is 9.19. The Hall–Kier alpha value is -4.04. The number of fused-ring (bicyclic) bond motifs is 2. The minimum Gasteiger partial charge on any atom is -0.399 e. The first-order valence-electron chi connectivity index (χ1n) is 9.92. The van der Waals surface area contributed by atoms with Crippen LogP contribution in [0.1, 0.15) is 12.5 Å². The molecule has 0 aliphatic heterocycles. The van der Waals surface area contributed by atoms with Gasteiger partial charge in [0, 0.05) is 17.3 Å². The Morgan fingerprint density at radius 1 is 1.25 bits per heavy atom. The third-order valence-corrected chi connectivity index (χ3v) is 6.08. The number of allylic oxidation sites excluding steroid dienone is 4. The second-order valence-electron chi connectivity index (χ2n) is 7.16. The zero-order valence-corrected chi connectivity index (χ0v) is 18.0. The number of rotatable bonds is 5. The minimum absolute atomic E-state index is 0.247. The molecule has 0 radical (unpaired) electrons. The van der Waals surface area contributed by atoms with Crippen LogP contribution in [-0.2, 0) is 0 Å². The molecule has 5 rings (SSSR count). The highest BCUT2D eigenvalue weighted by Gasteiger charge is 2.18. The molecule has 8 heteroatoms. The van der Waals surface area contributed by atoms with Crippen LogP contribution < -0.4 is 5.73 Å². The van der Waals surface area contributed by atoms with Crippen LogP contribution in [0.25, 0.3) is 49.6 Å². The molecule has 5 aromatic rings. The topological polar surface area (TPSA) is 96.3 Å². The van der Waals surface area contributed by atoms with Crippen molar-refractivity contribution in [2.45, 2.75) is 6.92 Å². The quantitative estimate of drug-likeness (QED) is 0.300. The number of pyridine rings is 1. The molecule has 0 bridgehead atoms. The molecule has 1 aromatic carbocycles. The molecule has 6 nitrogen and oxygen atoms in total. The van der Waals surface area contributed by atoms with E-state index in [1.165, 1.54) is 6.07 Å². The Kier molecular flexibility index (Phi) is 4.91. The van der Waals surface area contributed by atoms with E-state index < -0.39 is 5.82 Å². The van der Waals surface area contributed by atoms with E-state index in [0.717, 1.165) is 27.2 Å². The molecule has 0 atom stereocenters. The summed E-state index contributed by atoms with van der Waals surface area (Å²) in [6.07, 6.45) is 6.93. The van der Waals surface area contributed by atoms with Gasteiger partial charge in [-0.3, -0.25) is 10.1 Å². The molecule has 0 saturated heterocycles. The van der Waals surface area contributed by atoms with Crippen molar-refractivity contribution in [3.63, 3.8) is 0 Å². The summed E-state index contributed by atoms with van der Waals surface area (Å²) in [4.78, 5) is 13.6. The number of halogens is 1. The molecular formula is C24H19FN6S. The third-order valence-electron chi connectivity index (χ3n) is 5.21. The predicted octanol–water partition coefficient (Wildman–Crippen LogP) is 5.80. The van der Waals surface area contributed by atoms with E-state index in [4.69, 9.17) is 10.7 Å². The molecule has 0 aliphatic rings. The number of nitrogens with two attached hydrogens (primary N) is 1. The molecule has 0 spiro atoms. The number of H-pyrrole nitrogens is 2. The van der Waals surface area contributed by atoms with Gasteiger partial charge >= 0.3 is 0 Å². The number of imidazole rings is 1. The highest BCUT2D eigenvalue weighted by molar-refractivity contribution is 7.13. The maximum atomic E-state index is 14.9. The van der Waals surface area contributed by atoms with Gasteiger partial charge in [0.2, 0.25) is 0 Å². The number of aromatic nitrogens is 5. The predicted molar refractivity (Wildman–Crippen MR) is 128 cm³/mol. The van der Waals surface area contributed by atoms with Gasteiger partial charge in [0.1, 0.15) is 22.4 Å². The second kappa shape index (κ2) is 7.90. The fourth-order valence-corrected chi connectivity index (χ4v) is 4.36. The molecular weight excluding hydrogens is 423 g/mol. The van der Waals surface area contributed by atoms with E-state index in [-0.39, 0.29) is 5.52 Å². The molecule has 4 heterocycles. The first kappa shape index (κ1) is 19.9. The van der Waals surface area contributed by atoms with Gasteiger partial charge in [-0.2, -0.15) is 5.10 Å². The second-order valence-corrected chi connectivity index (χ2v) is 8.11. The summed E-state index contributed by atoms with van der Waals surface area (Å²) in [5.41, 5.74) is 11.1.